The van der Waals surface area contributed by atoms with Gasteiger partial charge in [0.25, 0.3) is 11.9 Å². The van der Waals surface area contributed by atoms with E-state index in [2.05, 4.69) is 5.32 Å². The second-order valence-corrected chi connectivity index (χ2v) is 7.96. The van der Waals surface area contributed by atoms with Crippen LogP contribution in [0.1, 0.15) is 50.2 Å². The van der Waals surface area contributed by atoms with E-state index in [1.54, 1.807) is 0 Å². The number of amidine groups is 1. The summed E-state index contributed by atoms with van der Waals surface area (Å²) in [4.78, 5) is 17.2. The Bertz CT molecular complexity index is 632. The van der Waals surface area contributed by atoms with Crippen LogP contribution in [-0.4, -0.2) is 17.5 Å². The van der Waals surface area contributed by atoms with Crippen molar-refractivity contribution < 1.29 is 9.53 Å². The van der Waals surface area contributed by atoms with E-state index in [1.165, 1.54) is 38.5 Å². The van der Waals surface area contributed by atoms with Crippen molar-refractivity contribution >= 4 is 11.9 Å². The minimum atomic E-state index is -0.552. The van der Waals surface area contributed by atoms with Crippen LogP contribution in [0.5, 0.6) is 0 Å². The van der Waals surface area contributed by atoms with Crippen LogP contribution in [0.3, 0.4) is 0 Å². The molecule has 1 heterocycles. The van der Waals surface area contributed by atoms with E-state index in [0.29, 0.717) is 6.02 Å². The summed E-state index contributed by atoms with van der Waals surface area (Å²) in [6.45, 7) is 0. The molecule has 23 heavy (non-hydrogen) atoms. The summed E-state index contributed by atoms with van der Waals surface area (Å²) in [5, 5.41) is 2.87. The van der Waals surface area contributed by atoms with Gasteiger partial charge in [0.1, 0.15) is 0 Å². The van der Waals surface area contributed by atoms with E-state index in [4.69, 9.17) is 9.73 Å². The molecule has 1 amide bonds. The lowest BCUT2D eigenvalue weighted by atomic mass is 9.53. The predicted octanol–water partition coefficient (Wildman–Crippen LogP) is 3.20. The maximum absolute atomic E-state index is 12.3. The van der Waals surface area contributed by atoms with Crippen LogP contribution in [0.15, 0.2) is 35.3 Å². The third-order valence-electron chi connectivity index (χ3n) is 6.14. The number of amides is 1. The molecule has 6 rings (SSSR count). The molecule has 1 N–H and O–H groups in total. The number of nitrogens with zero attached hydrogens (tertiary/aromatic N) is 1. The first-order valence-corrected chi connectivity index (χ1v) is 8.81. The zero-order valence-electron chi connectivity index (χ0n) is 13.2. The molecule has 1 aromatic rings. The summed E-state index contributed by atoms with van der Waals surface area (Å²) in [5.41, 5.74) is 0.920. The van der Waals surface area contributed by atoms with Crippen molar-refractivity contribution in [1.82, 2.24) is 5.32 Å². The molecule has 1 aromatic carbocycles. The van der Waals surface area contributed by atoms with Crippen LogP contribution in [-0.2, 0) is 9.53 Å². The number of hydrogen-bond donors (Lipinski definition) is 1. The highest BCUT2D eigenvalue weighted by Gasteiger charge is 2.51. The Morgan fingerprint density at radius 1 is 1.00 bits per heavy atom. The number of carbonyl (C=O) groups is 1. The highest BCUT2D eigenvalue weighted by atomic mass is 16.5. The van der Waals surface area contributed by atoms with Crippen LogP contribution < -0.4 is 5.32 Å². The molecule has 5 aliphatic rings. The molecule has 1 atom stereocenters. The Kier molecular flexibility index (Phi) is 2.85. The van der Waals surface area contributed by atoms with Gasteiger partial charge in [-0.2, -0.15) is 0 Å². The van der Waals surface area contributed by atoms with E-state index in [1.807, 2.05) is 30.3 Å². The first-order chi connectivity index (χ1) is 11.2. The quantitative estimate of drug-likeness (QED) is 0.912. The second-order valence-electron chi connectivity index (χ2n) is 7.96. The molecule has 0 radical (unpaired) electrons. The highest BCUT2D eigenvalue weighted by molar-refractivity contribution is 6.02. The molecule has 4 bridgehead atoms. The van der Waals surface area contributed by atoms with E-state index in [9.17, 15) is 4.79 Å². The van der Waals surface area contributed by atoms with Crippen molar-refractivity contribution in [3.05, 3.63) is 35.9 Å². The summed E-state index contributed by atoms with van der Waals surface area (Å²) in [6.07, 6.45) is 7.16. The topological polar surface area (TPSA) is 50.7 Å². The third kappa shape index (κ3) is 2.27. The molecular weight excluding hydrogens is 288 g/mol. The average Bonchev–Trinajstić information content (AvgIpc) is 2.86. The fourth-order valence-corrected chi connectivity index (χ4v) is 5.68. The molecule has 4 saturated carbocycles. The SMILES string of the molecule is O=C1NC(=NC23CC4CC(CC(C4)C2)C3)OC1c1ccccc1. The van der Waals surface area contributed by atoms with Gasteiger partial charge in [0.15, 0.2) is 0 Å². The van der Waals surface area contributed by atoms with E-state index in [0.717, 1.165) is 23.3 Å². The lowest BCUT2D eigenvalue weighted by molar-refractivity contribution is -0.123. The minimum Gasteiger partial charge on any atom is -0.447 e. The molecule has 120 valence electrons. The smallest absolute Gasteiger partial charge is 0.293 e. The van der Waals surface area contributed by atoms with Crippen LogP contribution in [0.4, 0.5) is 0 Å². The fraction of sp³-hybridized carbons (Fsp3) is 0.579. The van der Waals surface area contributed by atoms with Crippen LogP contribution in [0, 0.1) is 17.8 Å². The van der Waals surface area contributed by atoms with Crippen molar-refractivity contribution in [2.75, 3.05) is 0 Å². The summed E-state index contributed by atoms with van der Waals surface area (Å²) in [6, 6.07) is 10.1. The highest BCUT2D eigenvalue weighted by Crippen LogP contribution is 2.57. The van der Waals surface area contributed by atoms with Crippen molar-refractivity contribution in [2.45, 2.75) is 50.2 Å². The predicted molar refractivity (Wildman–Crippen MR) is 86.7 cm³/mol. The molecule has 4 aliphatic carbocycles. The first kappa shape index (κ1) is 13.6. The van der Waals surface area contributed by atoms with E-state index >= 15 is 0 Å². The maximum atomic E-state index is 12.3. The average molecular weight is 310 g/mol. The molecule has 1 aliphatic heterocycles. The number of rotatable bonds is 2. The van der Waals surface area contributed by atoms with E-state index in [-0.39, 0.29) is 11.4 Å². The molecule has 4 nitrogen and oxygen atoms in total. The number of hydrogen-bond acceptors (Lipinski definition) is 3. The Balaban J connectivity index is 1.40. The van der Waals surface area contributed by atoms with Gasteiger partial charge in [-0.3, -0.25) is 10.1 Å². The number of benzene rings is 1. The van der Waals surface area contributed by atoms with Crippen molar-refractivity contribution in [3.63, 3.8) is 0 Å². The maximum Gasteiger partial charge on any atom is 0.293 e. The molecular formula is C19H22N2O2. The van der Waals surface area contributed by atoms with Gasteiger partial charge in [-0.25, -0.2) is 4.99 Å². The van der Waals surface area contributed by atoms with Crippen LogP contribution >= 0.6 is 0 Å². The van der Waals surface area contributed by atoms with Gasteiger partial charge >= 0.3 is 0 Å². The van der Waals surface area contributed by atoms with Crippen LogP contribution in [0.25, 0.3) is 0 Å². The number of carbonyl (C=O) groups excluding carboxylic acids is 1. The second kappa shape index (κ2) is 4.83. The Morgan fingerprint density at radius 3 is 2.22 bits per heavy atom. The zero-order chi connectivity index (χ0) is 15.4. The number of aliphatic imine (C=N–C) groups is 1. The largest absolute Gasteiger partial charge is 0.447 e. The molecule has 1 unspecified atom stereocenters. The molecule has 5 fully saturated rings. The number of ether oxygens (including phenoxy) is 1. The first-order valence-electron chi connectivity index (χ1n) is 8.81. The third-order valence-corrected chi connectivity index (χ3v) is 6.14. The van der Waals surface area contributed by atoms with Gasteiger partial charge in [0, 0.05) is 5.56 Å². The van der Waals surface area contributed by atoms with Crippen LogP contribution in [0.2, 0.25) is 0 Å². The summed E-state index contributed by atoms with van der Waals surface area (Å²) < 4.78 is 5.89. The van der Waals surface area contributed by atoms with Gasteiger partial charge in [-0.15, -0.1) is 0 Å². The number of nitrogens with one attached hydrogen (secondary N) is 1. The molecule has 4 heteroatoms. The van der Waals surface area contributed by atoms with Crippen molar-refractivity contribution in [1.29, 1.82) is 0 Å². The summed E-state index contributed by atoms with van der Waals surface area (Å²) >= 11 is 0. The standard InChI is InChI=1S/C19H22N2O2/c22-17-16(15-4-2-1-3-5-15)23-18(20-17)21-19-9-12-6-13(10-19)8-14(7-12)11-19/h1-5,12-14,16H,6-11H2,(H,20,21,22). The van der Waals surface area contributed by atoms with E-state index < -0.39 is 6.10 Å². The Hall–Kier alpha value is -1.84. The lowest BCUT2D eigenvalue weighted by Gasteiger charge is -2.54. The minimum absolute atomic E-state index is 0.0307. The van der Waals surface area contributed by atoms with Gasteiger partial charge in [0.2, 0.25) is 6.10 Å². The van der Waals surface area contributed by atoms with Crippen molar-refractivity contribution in [3.8, 4) is 0 Å². The Morgan fingerprint density at radius 2 is 1.61 bits per heavy atom. The Labute approximate surface area is 136 Å². The van der Waals surface area contributed by atoms with Gasteiger partial charge in [-0.05, 0) is 56.3 Å². The zero-order valence-corrected chi connectivity index (χ0v) is 13.2. The summed E-state index contributed by atoms with van der Waals surface area (Å²) in [5.74, 6) is 2.42. The fourth-order valence-electron chi connectivity index (χ4n) is 5.68. The normalized spacial score (nSPS) is 42.8. The molecule has 1 saturated heterocycles. The monoisotopic (exact) mass is 310 g/mol. The lowest BCUT2D eigenvalue weighted by Crippen LogP contribution is -2.50. The van der Waals surface area contributed by atoms with Gasteiger partial charge < -0.3 is 4.74 Å². The molecule has 0 spiro atoms. The summed E-state index contributed by atoms with van der Waals surface area (Å²) in [7, 11) is 0. The van der Waals surface area contributed by atoms with Gasteiger partial charge in [0.05, 0.1) is 5.54 Å². The molecule has 0 aromatic heterocycles. The van der Waals surface area contributed by atoms with Crippen molar-refractivity contribution in [2.24, 2.45) is 22.7 Å². The van der Waals surface area contributed by atoms with Gasteiger partial charge in [-0.1, -0.05) is 30.3 Å².